The summed E-state index contributed by atoms with van der Waals surface area (Å²) in [6, 6.07) is 10.5. The van der Waals surface area contributed by atoms with Crippen molar-refractivity contribution >= 4 is 0 Å². The van der Waals surface area contributed by atoms with Gasteiger partial charge >= 0.3 is 0 Å². The van der Waals surface area contributed by atoms with Crippen LogP contribution >= 0.6 is 0 Å². The normalized spacial score (nSPS) is 14.3. The van der Waals surface area contributed by atoms with Crippen LogP contribution in [-0.4, -0.2) is 11.7 Å². The maximum absolute atomic E-state index is 9.47. The van der Waals surface area contributed by atoms with Crippen LogP contribution in [-0.2, 0) is 0 Å². The average molecular weight is 206 g/mol. The summed E-state index contributed by atoms with van der Waals surface area (Å²) < 4.78 is 0. The molecule has 0 bridgehead atoms. The third kappa shape index (κ3) is 2.82. The van der Waals surface area contributed by atoms with Crippen molar-refractivity contribution in [3.63, 3.8) is 0 Å². The van der Waals surface area contributed by atoms with Crippen molar-refractivity contribution in [1.29, 1.82) is 0 Å². The molecule has 0 spiro atoms. The molecule has 0 saturated heterocycles. The average Bonchev–Trinajstić information content (AvgIpc) is 2.18. The summed E-state index contributed by atoms with van der Waals surface area (Å²) in [6.45, 7) is 8.92. The van der Waals surface area contributed by atoms with Crippen LogP contribution in [0.2, 0.25) is 0 Å². The fourth-order valence-electron chi connectivity index (χ4n) is 2.50. The summed E-state index contributed by atoms with van der Waals surface area (Å²) in [5, 5.41) is 9.47. The Morgan fingerprint density at radius 1 is 1.13 bits per heavy atom. The lowest BCUT2D eigenvalue weighted by Gasteiger charge is -2.36. The smallest absolute Gasteiger partial charge is 0.0488 e. The molecule has 1 rings (SSSR count). The highest BCUT2D eigenvalue weighted by Gasteiger charge is 2.32. The van der Waals surface area contributed by atoms with E-state index in [4.69, 9.17) is 0 Å². The molecular weight excluding hydrogens is 184 g/mol. The molecule has 1 unspecified atom stereocenters. The lowest BCUT2D eigenvalue weighted by molar-refractivity contribution is 0.110. The van der Waals surface area contributed by atoms with Gasteiger partial charge in [-0.2, -0.15) is 0 Å². The van der Waals surface area contributed by atoms with Crippen LogP contribution < -0.4 is 0 Å². The van der Waals surface area contributed by atoms with E-state index >= 15 is 0 Å². The molecular formula is C14H22O. The van der Waals surface area contributed by atoms with E-state index in [9.17, 15) is 5.11 Å². The zero-order valence-corrected chi connectivity index (χ0v) is 10.2. The van der Waals surface area contributed by atoms with E-state index in [0.717, 1.165) is 0 Å². The molecule has 0 amide bonds. The topological polar surface area (TPSA) is 20.2 Å². The Hall–Kier alpha value is -0.820. The molecule has 0 fully saturated rings. The number of benzene rings is 1. The van der Waals surface area contributed by atoms with Crippen LogP contribution in [0.4, 0.5) is 0 Å². The van der Waals surface area contributed by atoms with Gasteiger partial charge in [-0.1, -0.05) is 58.0 Å². The maximum atomic E-state index is 9.47. The van der Waals surface area contributed by atoms with Gasteiger partial charge in [0.05, 0.1) is 0 Å². The van der Waals surface area contributed by atoms with E-state index in [1.165, 1.54) is 5.56 Å². The minimum Gasteiger partial charge on any atom is -0.396 e. The predicted octanol–water partition coefficient (Wildman–Crippen LogP) is 3.44. The lowest BCUT2D eigenvalue weighted by atomic mass is 9.70. The highest BCUT2D eigenvalue weighted by molar-refractivity contribution is 5.22. The number of aliphatic hydroxyl groups is 1. The predicted molar refractivity (Wildman–Crippen MR) is 64.9 cm³/mol. The van der Waals surface area contributed by atoms with Crippen LogP contribution in [0.25, 0.3) is 0 Å². The second-order valence-corrected chi connectivity index (χ2v) is 5.28. The van der Waals surface area contributed by atoms with Crippen molar-refractivity contribution < 1.29 is 5.11 Å². The summed E-state index contributed by atoms with van der Waals surface area (Å²) in [4.78, 5) is 0. The van der Waals surface area contributed by atoms with Gasteiger partial charge in [0.15, 0.2) is 0 Å². The second-order valence-electron chi connectivity index (χ2n) is 5.28. The fraction of sp³-hybridized carbons (Fsp3) is 0.571. The molecule has 0 aliphatic carbocycles. The molecule has 0 aliphatic heterocycles. The monoisotopic (exact) mass is 206 g/mol. The van der Waals surface area contributed by atoms with E-state index < -0.39 is 0 Å². The first kappa shape index (κ1) is 12.3. The third-order valence-electron chi connectivity index (χ3n) is 3.07. The van der Waals surface area contributed by atoms with Crippen molar-refractivity contribution in [3.8, 4) is 0 Å². The van der Waals surface area contributed by atoms with E-state index in [1.54, 1.807) is 0 Å². The molecule has 0 saturated carbocycles. The van der Waals surface area contributed by atoms with Gasteiger partial charge in [0.1, 0.15) is 0 Å². The molecule has 0 aromatic heterocycles. The van der Waals surface area contributed by atoms with Gasteiger partial charge in [0.2, 0.25) is 0 Å². The Kier molecular flexibility index (Phi) is 3.92. The van der Waals surface area contributed by atoms with E-state index in [2.05, 4.69) is 52.0 Å². The fourth-order valence-corrected chi connectivity index (χ4v) is 2.50. The summed E-state index contributed by atoms with van der Waals surface area (Å²) in [5.41, 5.74) is 1.27. The number of aliphatic hydroxyl groups excluding tert-OH is 1. The molecule has 1 aromatic rings. The van der Waals surface area contributed by atoms with Gasteiger partial charge in [0, 0.05) is 6.61 Å². The SMILES string of the molecule is CC(C)C(c1ccccc1)C(C)(C)CO. The molecule has 1 N–H and O–H groups in total. The molecule has 1 nitrogen and oxygen atoms in total. The Morgan fingerprint density at radius 3 is 2.07 bits per heavy atom. The van der Waals surface area contributed by atoms with E-state index in [-0.39, 0.29) is 12.0 Å². The minimum atomic E-state index is -0.0600. The molecule has 1 aromatic carbocycles. The van der Waals surface area contributed by atoms with Crippen LogP contribution in [0.15, 0.2) is 30.3 Å². The van der Waals surface area contributed by atoms with Crippen LogP contribution in [0.1, 0.15) is 39.2 Å². The third-order valence-corrected chi connectivity index (χ3v) is 3.07. The van der Waals surface area contributed by atoms with E-state index in [1.807, 2.05) is 6.07 Å². The Morgan fingerprint density at radius 2 is 1.67 bits per heavy atom. The first-order valence-electron chi connectivity index (χ1n) is 5.65. The molecule has 84 valence electrons. The zero-order valence-electron chi connectivity index (χ0n) is 10.2. The quantitative estimate of drug-likeness (QED) is 0.800. The van der Waals surface area contributed by atoms with Gasteiger partial charge < -0.3 is 5.11 Å². The van der Waals surface area contributed by atoms with Crippen molar-refractivity contribution in [2.45, 2.75) is 33.6 Å². The largest absolute Gasteiger partial charge is 0.396 e. The summed E-state index contributed by atoms with van der Waals surface area (Å²) in [6.07, 6.45) is 0. The van der Waals surface area contributed by atoms with Gasteiger partial charge in [-0.05, 0) is 22.8 Å². The number of rotatable bonds is 4. The van der Waals surface area contributed by atoms with Gasteiger partial charge in [0.25, 0.3) is 0 Å². The van der Waals surface area contributed by atoms with Gasteiger partial charge in [-0.25, -0.2) is 0 Å². The van der Waals surface area contributed by atoms with Crippen LogP contribution in [0.3, 0.4) is 0 Å². The molecule has 0 radical (unpaired) electrons. The first-order chi connectivity index (χ1) is 6.99. The number of hydrogen-bond acceptors (Lipinski definition) is 1. The molecule has 0 heterocycles. The molecule has 1 atom stereocenters. The van der Waals surface area contributed by atoms with Crippen molar-refractivity contribution in [2.24, 2.45) is 11.3 Å². The molecule has 0 aliphatic rings. The highest BCUT2D eigenvalue weighted by atomic mass is 16.3. The van der Waals surface area contributed by atoms with Crippen LogP contribution in [0.5, 0.6) is 0 Å². The van der Waals surface area contributed by atoms with Gasteiger partial charge in [-0.15, -0.1) is 0 Å². The zero-order chi connectivity index (χ0) is 11.5. The molecule has 15 heavy (non-hydrogen) atoms. The standard InChI is InChI=1S/C14H22O/c1-11(2)13(14(3,4)10-15)12-8-6-5-7-9-12/h5-9,11,13,15H,10H2,1-4H3. The Balaban J connectivity index is 3.04. The van der Waals surface area contributed by atoms with Gasteiger partial charge in [-0.3, -0.25) is 0 Å². The van der Waals surface area contributed by atoms with Crippen LogP contribution in [0, 0.1) is 11.3 Å². The van der Waals surface area contributed by atoms with Crippen molar-refractivity contribution in [1.82, 2.24) is 0 Å². The summed E-state index contributed by atoms with van der Waals surface area (Å²) in [5.74, 6) is 0.943. The first-order valence-corrected chi connectivity index (χ1v) is 5.65. The van der Waals surface area contributed by atoms with Crippen molar-refractivity contribution in [3.05, 3.63) is 35.9 Å². The highest BCUT2D eigenvalue weighted by Crippen LogP contribution is 2.40. The maximum Gasteiger partial charge on any atom is 0.0488 e. The molecule has 1 heteroatoms. The second kappa shape index (κ2) is 4.80. The van der Waals surface area contributed by atoms with E-state index in [0.29, 0.717) is 11.8 Å². The Labute approximate surface area is 93.1 Å². The number of hydrogen-bond donors (Lipinski definition) is 1. The van der Waals surface area contributed by atoms with Crippen molar-refractivity contribution in [2.75, 3.05) is 6.61 Å². The lowest BCUT2D eigenvalue weighted by Crippen LogP contribution is -2.29. The summed E-state index contributed by atoms with van der Waals surface area (Å²) >= 11 is 0. The summed E-state index contributed by atoms with van der Waals surface area (Å²) in [7, 11) is 0. The minimum absolute atomic E-state index is 0.0600. The Bertz CT molecular complexity index is 287.